The topological polar surface area (TPSA) is 61.1 Å². The van der Waals surface area contributed by atoms with Crippen LogP contribution < -0.4 is 0 Å². The Kier molecular flexibility index (Phi) is 2.14. The van der Waals surface area contributed by atoms with Crippen LogP contribution in [0.5, 0.6) is 0 Å². The molecule has 0 saturated carbocycles. The molecule has 50 valence electrons. The van der Waals surface area contributed by atoms with E-state index in [1.807, 2.05) is 0 Å². The maximum absolute atomic E-state index is 12.4. The molecule has 0 fully saturated rings. The number of nitrogens with zero attached hydrogens (tertiary/aromatic N) is 1. The number of halogens is 1. The Labute approximate surface area is 51.7 Å². The minimum atomic E-state index is -2.69. The maximum atomic E-state index is 12.4. The maximum Gasteiger partial charge on any atom is 0.356 e. The summed E-state index contributed by atoms with van der Waals surface area (Å²) in [5, 5.41) is 16.0. The Bertz CT molecular complexity index is 163. The van der Waals surface area contributed by atoms with Crippen molar-refractivity contribution in [1.29, 1.82) is 5.26 Å². The lowest BCUT2D eigenvalue weighted by Gasteiger charge is -2.06. The van der Waals surface area contributed by atoms with Crippen LogP contribution in [0.15, 0.2) is 0 Å². The van der Waals surface area contributed by atoms with Crippen LogP contribution in [0, 0.1) is 11.3 Å². The van der Waals surface area contributed by atoms with Crippen LogP contribution >= 0.6 is 0 Å². The van der Waals surface area contributed by atoms with Crippen molar-refractivity contribution in [3.05, 3.63) is 0 Å². The van der Waals surface area contributed by atoms with Crippen molar-refractivity contribution >= 4 is 5.97 Å². The second-order valence-electron chi connectivity index (χ2n) is 1.57. The van der Waals surface area contributed by atoms with Crippen molar-refractivity contribution in [2.24, 2.45) is 0 Å². The highest BCUT2D eigenvalue weighted by molar-refractivity contribution is 5.80. The summed E-state index contributed by atoms with van der Waals surface area (Å²) < 4.78 is 12.4. The molecule has 0 saturated heterocycles. The van der Waals surface area contributed by atoms with E-state index in [1.54, 1.807) is 0 Å². The number of alkyl halides is 1. The first-order valence-electron chi connectivity index (χ1n) is 2.40. The summed E-state index contributed by atoms with van der Waals surface area (Å²) in [5.74, 6) is -1.72. The van der Waals surface area contributed by atoms with Crippen LogP contribution in [0.3, 0.4) is 0 Å². The van der Waals surface area contributed by atoms with Crippen molar-refractivity contribution in [2.45, 2.75) is 19.0 Å². The van der Waals surface area contributed by atoms with Crippen LogP contribution in [-0.2, 0) is 4.79 Å². The van der Waals surface area contributed by atoms with Crippen molar-refractivity contribution in [2.75, 3.05) is 0 Å². The summed E-state index contributed by atoms with van der Waals surface area (Å²) in [6.45, 7) is 1.30. The van der Waals surface area contributed by atoms with E-state index in [9.17, 15) is 9.18 Å². The highest BCUT2D eigenvalue weighted by Crippen LogP contribution is 2.13. The number of nitriles is 1. The van der Waals surface area contributed by atoms with Crippen LogP contribution in [0.25, 0.3) is 0 Å². The van der Waals surface area contributed by atoms with Crippen molar-refractivity contribution < 1.29 is 14.3 Å². The molecule has 0 heterocycles. The van der Waals surface area contributed by atoms with E-state index >= 15 is 0 Å². The average Bonchev–Trinajstić information content (AvgIpc) is 1.86. The standard InChI is InChI=1S/C5H6FNO2/c1-2-5(6,3-7)4(8)9/h2H2,1H3,(H,8,9). The Morgan fingerprint density at radius 1 is 2.00 bits per heavy atom. The molecule has 3 nitrogen and oxygen atoms in total. The van der Waals surface area contributed by atoms with Crippen LogP contribution in [0.4, 0.5) is 4.39 Å². The lowest BCUT2D eigenvalue weighted by Crippen LogP contribution is -2.30. The molecule has 0 spiro atoms. The van der Waals surface area contributed by atoms with Gasteiger partial charge in [0.15, 0.2) is 0 Å². The number of hydrogen-bond donors (Lipinski definition) is 1. The molecule has 4 heteroatoms. The zero-order valence-corrected chi connectivity index (χ0v) is 4.89. The predicted octanol–water partition coefficient (Wildman–Crippen LogP) is 0.713. The summed E-state index contributed by atoms with van der Waals surface area (Å²) in [6.07, 6.45) is -0.321. The van der Waals surface area contributed by atoms with Gasteiger partial charge in [-0.1, -0.05) is 6.92 Å². The highest BCUT2D eigenvalue weighted by Gasteiger charge is 2.36. The van der Waals surface area contributed by atoms with E-state index in [2.05, 4.69) is 0 Å². The van der Waals surface area contributed by atoms with Crippen molar-refractivity contribution in [3.8, 4) is 6.07 Å². The molecule has 0 aromatic rings. The molecular weight excluding hydrogens is 125 g/mol. The largest absolute Gasteiger partial charge is 0.478 e. The fourth-order valence-corrected chi connectivity index (χ4v) is 0.278. The lowest BCUT2D eigenvalue weighted by atomic mass is 10.1. The fourth-order valence-electron chi connectivity index (χ4n) is 0.278. The van der Waals surface area contributed by atoms with E-state index in [-0.39, 0.29) is 6.42 Å². The number of carboxylic acid groups (broad SMARTS) is 1. The monoisotopic (exact) mass is 131 g/mol. The quantitative estimate of drug-likeness (QED) is 0.600. The molecule has 0 amide bonds. The molecule has 0 bridgehead atoms. The Morgan fingerprint density at radius 3 is 2.44 bits per heavy atom. The SMILES string of the molecule is CCC(F)(C#N)C(=O)O. The molecule has 0 aromatic carbocycles. The average molecular weight is 131 g/mol. The predicted molar refractivity (Wildman–Crippen MR) is 27.4 cm³/mol. The number of carbonyl (C=O) groups is 1. The number of carboxylic acids is 1. The third-order valence-corrected chi connectivity index (χ3v) is 1.00. The van der Waals surface area contributed by atoms with Crippen molar-refractivity contribution in [3.63, 3.8) is 0 Å². The summed E-state index contributed by atoms with van der Waals surface area (Å²) in [5.41, 5.74) is -2.69. The van der Waals surface area contributed by atoms with Crippen LogP contribution in [0.1, 0.15) is 13.3 Å². The summed E-state index contributed by atoms with van der Waals surface area (Å²) >= 11 is 0. The van der Waals surface area contributed by atoms with Gasteiger partial charge in [0.25, 0.3) is 5.67 Å². The molecule has 0 radical (unpaired) electrons. The van der Waals surface area contributed by atoms with Gasteiger partial charge < -0.3 is 5.11 Å². The smallest absolute Gasteiger partial charge is 0.356 e. The second-order valence-corrected chi connectivity index (χ2v) is 1.57. The van der Waals surface area contributed by atoms with Gasteiger partial charge in [-0.3, -0.25) is 0 Å². The van der Waals surface area contributed by atoms with E-state index in [0.717, 1.165) is 6.07 Å². The Hall–Kier alpha value is -1.11. The minimum absolute atomic E-state index is 0.321. The molecule has 0 aliphatic heterocycles. The van der Waals surface area contributed by atoms with Gasteiger partial charge in [-0.2, -0.15) is 5.26 Å². The number of rotatable bonds is 2. The summed E-state index contributed by atoms with van der Waals surface area (Å²) in [7, 11) is 0. The zero-order valence-electron chi connectivity index (χ0n) is 4.89. The van der Waals surface area contributed by atoms with E-state index in [1.165, 1.54) is 6.92 Å². The van der Waals surface area contributed by atoms with Crippen molar-refractivity contribution in [1.82, 2.24) is 0 Å². The van der Waals surface area contributed by atoms with E-state index in [4.69, 9.17) is 10.4 Å². The van der Waals surface area contributed by atoms with Gasteiger partial charge in [-0.05, 0) is 0 Å². The van der Waals surface area contributed by atoms with Gasteiger partial charge >= 0.3 is 5.97 Å². The first-order chi connectivity index (χ1) is 4.06. The molecular formula is C5H6FNO2. The number of hydrogen-bond acceptors (Lipinski definition) is 2. The molecule has 9 heavy (non-hydrogen) atoms. The third-order valence-electron chi connectivity index (χ3n) is 1.00. The molecule has 0 aromatic heterocycles. The Morgan fingerprint density at radius 2 is 2.44 bits per heavy atom. The normalized spacial score (nSPS) is 15.7. The van der Waals surface area contributed by atoms with Crippen LogP contribution in [0.2, 0.25) is 0 Å². The van der Waals surface area contributed by atoms with Crippen LogP contribution in [-0.4, -0.2) is 16.7 Å². The van der Waals surface area contributed by atoms with Gasteiger partial charge in [0.1, 0.15) is 6.07 Å². The second kappa shape index (κ2) is 2.44. The molecule has 1 unspecified atom stereocenters. The molecule has 0 aliphatic carbocycles. The fraction of sp³-hybridized carbons (Fsp3) is 0.600. The highest BCUT2D eigenvalue weighted by atomic mass is 19.1. The lowest BCUT2D eigenvalue weighted by molar-refractivity contribution is -0.147. The van der Waals surface area contributed by atoms with Gasteiger partial charge in [0.2, 0.25) is 0 Å². The summed E-state index contributed by atoms with van der Waals surface area (Å²) in [6, 6.07) is 1.06. The molecule has 1 N–H and O–H groups in total. The first kappa shape index (κ1) is 7.89. The van der Waals surface area contributed by atoms with E-state index < -0.39 is 11.6 Å². The number of aliphatic carboxylic acids is 1. The third kappa shape index (κ3) is 1.39. The zero-order chi connectivity index (χ0) is 7.49. The summed E-state index contributed by atoms with van der Waals surface area (Å²) in [4.78, 5) is 9.89. The van der Waals surface area contributed by atoms with E-state index in [0.29, 0.717) is 0 Å². The van der Waals surface area contributed by atoms with Gasteiger partial charge in [0, 0.05) is 6.42 Å². The molecule has 0 rings (SSSR count). The van der Waals surface area contributed by atoms with Gasteiger partial charge in [-0.25, -0.2) is 9.18 Å². The molecule has 0 aliphatic rings. The van der Waals surface area contributed by atoms with Gasteiger partial charge in [-0.15, -0.1) is 0 Å². The first-order valence-corrected chi connectivity index (χ1v) is 2.40. The Balaban J connectivity index is 4.33. The van der Waals surface area contributed by atoms with Gasteiger partial charge in [0.05, 0.1) is 0 Å². The minimum Gasteiger partial charge on any atom is -0.478 e. The molecule has 1 atom stereocenters.